The van der Waals surface area contributed by atoms with Crippen molar-refractivity contribution in [2.75, 3.05) is 5.32 Å². The predicted molar refractivity (Wildman–Crippen MR) is 66.4 cm³/mol. The average Bonchev–Trinajstić information content (AvgIpc) is 2.79. The standard InChI is InChI=1S/C11H8ClN5/c12-8-3-1-2-4-9(8)15-11-13-5-7-6-14-17-10(7)16-11/h1-6H,(H2,13,14,15,16,17). The van der Waals surface area contributed by atoms with Gasteiger partial charge in [0.2, 0.25) is 5.95 Å². The molecule has 0 atom stereocenters. The third-order valence-corrected chi connectivity index (χ3v) is 2.64. The number of anilines is 2. The fourth-order valence-corrected chi connectivity index (χ4v) is 1.66. The first-order valence-corrected chi connectivity index (χ1v) is 5.38. The molecule has 0 saturated carbocycles. The summed E-state index contributed by atoms with van der Waals surface area (Å²) < 4.78 is 0. The Bertz CT molecular complexity index is 664. The smallest absolute Gasteiger partial charge is 0.229 e. The second-order valence-corrected chi connectivity index (χ2v) is 3.88. The number of para-hydroxylation sites is 1. The summed E-state index contributed by atoms with van der Waals surface area (Å²) in [5, 5.41) is 11.2. The van der Waals surface area contributed by atoms with Crippen molar-refractivity contribution in [1.82, 2.24) is 20.2 Å². The van der Waals surface area contributed by atoms with E-state index in [1.165, 1.54) is 0 Å². The Balaban J connectivity index is 1.97. The number of nitrogens with one attached hydrogen (secondary N) is 2. The van der Waals surface area contributed by atoms with Crippen LogP contribution in [0.1, 0.15) is 0 Å². The molecule has 0 aliphatic rings. The largest absolute Gasteiger partial charge is 0.323 e. The molecule has 0 aliphatic heterocycles. The van der Waals surface area contributed by atoms with E-state index in [4.69, 9.17) is 11.6 Å². The van der Waals surface area contributed by atoms with Crippen LogP contribution in [-0.2, 0) is 0 Å². The minimum absolute atomic E-state index is 0.481. The Kier molecular flexibility index (Phi) is 2.38. The minimum Gasteiger partial charge on any atom is -0.323 e. The van der Waals surface area contributed by atoms with Crippen LogP contribution in [0.2, 0.25) is 5.02 Å². The van der Waals surface area contributed by atoms with Gasteiger partial charge >= 0.3 is 0 Å². The Labute approximate surface area is 102 Å². The van der Waals surface area contributed by atoms with Crippen molar-refractivity contribution in [3.8, 4) is 0 Å². The molecule has 0 spiro atoms. The van der Waals surface area contributed by atoms with Crippen LogP contribution in [0.4, 0.5) is 11.6 Å². The van der Waals surface area contributed by atoms with Gasteiger partial charge in [-0.05, 0) is 12.1 Å². The number of H-pyrrole nitrogens is 1. The molecule has 3 aromatic rings. The number of hydrogen-bond acceptors (Lipinski definition) is 4. The van der Waals surface area contributed by atoms with E-state index in [1.54, 1.807) is 18.5 Å². The molecule has 0 aliphatic carbocycles. The zero-order chi connectivity index (χ0) is 11.7. The summed E-state index contributed by atoms with van der Waals surface area (Å²) in [5.74, 6) is 0.481. The van der Waals surface area contributed by atoms with Gasteiger partial charge in [-0.3, -0.25) is 5.10 Å². The third kappa shape index (κ3) is 1.92. The fraction of sp³-hybridized carbons (Fsp3) is 0. The van der Waals surface area contributed by atoms with Crippen LogP contribution in [0.5, 0.6) is 0 Å². The number of aromatic amines is 1. The number of rotatable bonds is 2. The number of nitrogens with zero attached hydrogens (tertiary/aromatic N) is 3. The molecule has 0 fully saturated rings. The second kappa shape index (κ2) is 4.03. The van der Waals surface area contributed by atoms with Crippen LogP contribution < -0.4 is 5.32 Å². The van der Waals surface area contributed by atoms with E-state index in [1.807, 2.05) is 18.2 Å². The summed E-state index contributed by atoms with van der Waals surface area (Å²) in [4.78, 5) is 8.45. The monoisotopic (exact) mass is 245 g/mol. The molecule has 3 rings (SSSR count). The summed E-state index contributed by atoms with van der Waals surface area (Å²) in [6.07, 6.45) is 3.37. The number of benzene rings is 1. The van der Waals surface area contributed by atoms with E-state index in [-0.39, 0.29) is 0 Å². The Morgan fingerprint density at radius 1 is 1.18 bits per heavy atom. The Hall–Kier alpha value is -2.14. The first-order valence-electron chi connectivity index (χ1n) is 5.00. The van der Waals surface area contributed by atoms with Crippen LogP contribution >= 0.6 is 11.6 Å². The van der Waals surface area contributed by atoms with Crippen molar-refractivity contribution in [2.45, 2.75) is 0 Å². The summed E-state index contributed by atoms with van der Waals surface area (Å²) >= 11 is 6.03. The number of hydrogen-bond donors (Lipinski definition) is 2. The molecule has 17 heavy (non-hydrogen) atoms. The molecular weight excluding hydrogens is 238 g/mol. The lowest BCUT2D eigenvalue weighted by molar-refractivity contribution is 1.09. The van der Waals surface area contributed by atoms with Crippen molar-refractivity contribution in [2.24, 2.45) is 0 Å². The highest BCUT2D eigenvalue weighted by molar-refractivity contribution is 6.33. The van der Waals surface area contributed by atoms with Crippen LogP contribution in [0.3, 0.4) is 0 Å². The van der Waals surface area contributed by atoms with Crippen molar-refractivity contribution >= 4 is 34.3 Å². The van der Waals surface area contributed by atoms with Crippen LogP contribution in [0.25, 0.3) is 11.0 Å². The lowest BCUT2D eigenvalue weighted by Crippen LogP contribution is -1.97. The maximum Gasteiger partial charge on any atom is 0.229 e. The van der Waals surface area contributed by atoms with Gasteiger partial charge in [-0.2, -0.15) is 10.1 Å². The molecule has 0 radical (unpaired) electrons. The van der Waals surface area contributed by atoms with Crippen LogP contribution in [-0.4, -0.2) is 20.2 Å². The minimum atomic E-state index is 0.481. The van der Waals surface area contributed by atoms with Gasteiger partial charge in [-0.25, -0.2) is 4.98 Å². The van der Waals surface area contributed by atoms with Gasteiger partial charge in [-0.15, -0.1) is 0 Å². The first kappa shape index (κ1) is 10.0. The van der Waals surface area contributed by atoms with Gasteiger partial charge in [0, 0.05) is 6.20 Å². The maximum absolute atomic E-state index is 6.03. The predicted octanol–water partition coefficient (Wildman–Crippen LogP) is 2.75. The lowest BCUT2D eigenvalue weighted by Gasteiger charge is -2.05. The molecule has 0 bridgehead atoms. The van der Waals surface area contributed by atoms with Gasteiger partial charge in [0.05, 0.1) is 22.3 Å². The summed E-state index contributed by atoms with van der Waals surface area (Å²) in [5.41, 5.74) is 1.46. The fourth-order valence-electron chi connectivity index (χ4n) is 1.48. The Morgan fingerprint density at radius 2 is 2.06 bits per heavy atom. The molecule has 0 saturated heterocycles. The van der Waals surface area contributed by atoms with E-state index in [9.17, 15) is 0 Å². The van der Waals surface area contributed by atoms with E-state index in [2.05, 4.69) is 25.5 Å². The quantitative estimate of drug-likeness (QED) is 0.729. The zero-order valence-electron chi connectivity index (χ0n) is 8.68. The Morgan fingerprint density at radius 3 is 2.94 bits per heavy atom. The van der Waals surface area contributed by atoms with Crippen LogP contribution in [0.15, 0.2) is 36.7 Å². The molecule has 6 heteroatoms. The van der Waals surface area contributed by atoms with E-state index in [0.717, 1.165) is 11.1 Å². The van der Waals surface area contributed by atoms with Gasteiger partial charge in [-0.1, -0.05) is 23.7 Å². The van der Waals surface area contributed by atoms with Gasteiger partial charge in [0.1, 0.15) is 0 Å². The molecule has 2 heterocycles. The number of halogens is 1. The van der Waals surface area contributed by atoms with E-state index >= 15 is 0 Å². The zero-order valence-corrected chi connectivity index (χ0v) is 9.44. The van der Waals surface area contributed by atoms with Crippen molar-refractivity contribution in [1.29, 1.82) is 0 Å². The third-order valence-electron chi connectivity index (χ3n) is 2.31. The normalized spacial score (nSPS) is 10.6. The number of fused-ring (bicyclic) bond motifs is 1. The highest BCUT2D eigenvalue weighted by atomic mass is 35.5. The summed E-state index contributed by atoms with van der Waals surface area (Å²) in [6.45, 7) is 0. The highest BCUT2D eigenvalue weighted by Gasteiger charge is 2.03. The van der Waals surface area contributed by atoms with Crippen molar-refractivity contribution in [3.63, 3.8) is 0 Å². The highest BCUT2D eigenvalue weighted by Crippen LogP contribution is 2.23. The second-order valence-electron chi connectivity index (χ2n) is 3.47. The molecule has 0 amide bonds. The van der Waals surface area contributed by atoms with E-state index < -0.39 is 0 Å². The van der Waals surface area contributed by atoms with Gasteiger partial charge in [0.15, 0.2) is 5.65 Å². The molecule has 2 N–H and O–H groups in total. The SMILES string of the molecule is Clc1ccccc1Nc1ncc2cn[nH]c2n1. The summed E-state index contributed by atoms with van der Waals surface area (Å²) in [7, 11) is 0. The van der Waals surface area contributed by atoms with Gasteiger partial charge < -0.3 is 5.32 Å². The van der Waals surface area contributed by atoms with Crippen LogP contribution in [0, 0.1) is 0 Å². The topological polar surface area (TPSA) is 66.5 Å². The van der Waals surface area contributed by atoms with E-state index in [0.29, 0.717) is 16.6 Å². The summed E-state index contributed by atoms with van der Waals surface area (Å²) in [6, 6.07) is 7.43. The van der Waals surface area contributed by atoms with Crippen molar-refractivity contribution in [3.05, 3.63) is 41.7 Å². The average molecular weight is 246 g/mol. The molecule has 0 unspecified atom stereocenters. The first-order chi connectivity index (χ1) is 8.33. The van der Waals surface area contributed by atoms with Crippen molar-refractivity contribution < 1.29 is 0 Å². The maximum atomic E-state index is 6.03. The molecule has 1 aromatic carbocycles. The lowest BCUT2D eigenvalue weighted by atomic mass is 10.3. The molecule has 5 nitrogen and oxygen atoms in total. The molecular formula is C11H8ClN5. The molecule has 84 valence electrons. The number of aromatic nitrogens is 4. The molecule has 2 aromatic heterocycles. The van der Waals surface area contributed by atoms with Gasteiger partial charge in [0.25, 0.3) is 0 Å².